The highest BCUT2D eigenvalue weighted by Crippen LogP contribution is 2.11. The summed E-state index contributed by atoms with van der Waals surface area (Å²) in [6.07, 6.45) is 0.529. The first-order valence-electron chi connectivity index (χ1n) is 8.43. The first kappa shape index (κ1) is 21.4. The summed E-state index contributed by atoms with van der Waals surface area (Å²) in [4.78, 5) is 23.7. The molecule has 0 fully saturated rings. The zero-order chi connectivity index (χ0) is 20.6. The van der Waals surface area contributed by atoms with Crippen LogP contribution in [0.1, 0.15) is 5.56 Å². The molecule has 2 aromatic carbocycles. The summed E-state index contributed by atoms with van der Waals surface area (Å²) in [5.74, 6) is -2.85. The zero-order valence-corrected chi connectivity index (χ0v) is 16.1. The van der Waals surface area contributed by atoms with Crippen LogP contribution in [0.4, 0.5) is 10.1 Å². The number of carbonyl (C=O) groups is 2. The molecule has 0 aliphatic heterocycles. The van der Waals surface area contributed by atoms with Crippen molar-refractivity contribution in [3.63, 3.8) is 0 Å². The van der Waals surface area contributed by atoms with E-state index in [2.05, 4.69) is 10.6 Å². The van der Waals surface area contributed by atoms with E-state index in [9.17, 15) is 22.4 Å². The highest BCUT2D eigenvalue weighted by Gasteiger charge is 2.20. The highest BCUT2D eigenvalue weighted by atomic mass is 32.2. The number of halogens is 1. The third kappa shape index (κ3) is 7.36. The van der Waals surface area contributed by atoms with Crippen molar-refractivity contribution < 1.29 is 27.1 Å². The number of nitrogens with one attached hydrogen (secondary N) is 2. The number of ether oxygens (including phenoxy) is 1. The van der Waals surface area contributed by atoms with Crippen LogP contribution < -0.4 is 15.4 Å². The molecule has 0 unspecified atom stereocenters. The number of methoxy groups -OCH3 is 1. The normalized spacial score (nSPS) is 10.9. The monoisotopic (exact) mass is 408 g/mol. The third-order valence-electron chi connectivity index (χ3n) is 3.72. The summed E-state index contributed by atoms with van der Waals surface area (Å²) >= 11 is 0. The molecule has 0 atom stereocenters. The molecule has 0 spiro atoms. The first-order chi connectivity index (χ1) is 13.3. The lowest BCUT2D eigenvalue weighted by atomic mass is 10.1. The average molecular weight is 408 g/mol. The van der Waals surface area contributed by atoms with Gasteiger partial charge in [-0.2, -0.15) is 0 Å². The molecule has 0 aliphatic rings. The van der Waals surface area contributed by atoms with Crippen molar-refractivity contribution in [3.8, 4) is 5.75 Å². The van der Waals surface area contributed by atoms with Crippen molar-refractivity contribution in [1.82, 2.24) is 5.32 Å². The van der Waals surface area contributed by atoms with Crippen LogP contribution in [0.5, 0.6) is 5.75 Å². The van der Waals surface area contributed by atoms with Gasteiger partial charge in [0.05, 0.1) is 7.11 Å². The maximum atomic E-state index is 12.8. The third-order valence-corrected chi connectivity index (χ3v) is 5.13. The van der Waals surface area contributed by atoms with E-state index in [1.807, 2.05) is 12.1 Å². The summed E-state index contributed by atoms with van der Waals surface area (Å²) in [5.41, 5.74) is 1.23. The van der Waals surface area contributed by atoms with Gasteiger partial charge in [-0.3, -0.25) is 9.59 Å². The topological polar surface area (TPSA) is 102 Å². The predicted octanol–water partition coefficient (Wildman–Crippen LogP) is 1.55. The Morgan fingerprint density at radius 2 is 1.57 bits per heavy atom. The molecule has 0 heterocycles. The van der Waals surface area contributed by atoms with Gasteiger partial charge in [0, 0.05) is 12.2 Å². The number of amides is 2. The van der Waals surface area contributed by atoms with Crippen LogP contribution in [0.2, 0.25) is 0 Å². The largest absolute Gasteiger partial charge is 0.497 e. The van der Waals surface area contributed by atoms with Gasteiger partial charge in [-0.25, -0.2) is 12.8 Å². The standard InChI is InChI=1S/C19H21FN2O5S/c1-27-17-8-2-14(3-9-17)10-11-21-18(23)12-28(25,26)13-19(24)22-16-6-4-15(20)5-7-16/h2-9H,10-13H2,1H3,(H,21,23)(H,22,24). The summed E-state index contributed by atoms with van der Waals surface area (Å²) in [6.45, 7) is 0.266. The van der Waals surface area contributed by atoms with Crippen LogP contribution in [0, 0.1) is 5.82 Å². The lowest BCUT2D eigenvalue weighted by Crippen LogP contribution is -2.35. The molecule has 28 heavy (non-hydrogen) atoms. The van der Waals surface area contributed by atoms with E-state index in [1.165, 1.54) is 12.1 Å². The van der Waals surface area contributed by atoms with E-state index in [-0.39, 0.29) is 12.2 Å². The fourth-order valence-electron chi connectivity index (χ4n) is 2.37. The molecule has 0 bridgehead atoms. The number of anilines is 1. The molecule has 2 rings (SSSR count). The summed E-state index contributed by atoms with van der Waals surface area (Å²) in [5, 5.41) is 4.87. The molecule has 2 N–H and O–H groups in total. The van der Waals surface area contributed by atoms with Gasteiger partial charge in [0.1, 0.15) is 23.1 Å². The van der Waals surface area contributed by atoms with Crippen molar-refractivity contribution in [2.24, 2.45) is 0 Å². The maximum absolute atomic E-state index is 12.8. The highest BCUT2D eigenvalue weighted by molar-refractivity contribution is 7.92. The van der Waals surface area contributed by atoms with Crippen molar-refractivity contribution >= 4 is 27.3 Å². The minimum absolute atomic E-state index is 0.266. The second kappa shape index (κ2) is 9.84. The molecule has 9 heteroatoms. The Bertz CT molecular complexity index is 912. The quantitative estimate of drug-likeness (QED) is 0.656. The zero-order valence-electron chi connectivity index (χ0n) is 15.3. The molecule has 2 aromatic rings. The molecule has 0 aromatic heterocycles. The van der Waals surface area contributed by atoms with Crippen molar-refractivity contribution in [2.75, 3.05) is 30.5 Å². The molecule has 2 amide bonds. The van der Waals surface area contributed by atoms with Crippen LogP contribution >= 0.6 is 0 Å². The molecule has 0 radical (unpaired) electrons. The van der Waals surface area contributed by atoms with Crippen molar-refractivity contribution in [3.05, 3.63) is 59.9 Å². The number of hydrogen-bond donors (Lipinski definition) is 2. The minimum Gasteiger partial charge on any atom is -0.497 e. The predicted molar refractivity (Wildman–Crippen MR) is 103 cm³/mol. The van der Waals surface area contributed by atoms with E-state index >= 15 is 0 Å². The van der Waals surface area contributed by atoms with Gasteiger partial charge in [0.15, 0.2) is 9.84 Å². The van der Waals surface area contributed by atoms with Crippen LogP contribution in [0.25, 0.3) is 0 Å². The van der Waals surface area contributed by atoms with Crippen LogP contribution in [-0.4, -0.2) is 45.4 Å². The number of hydrogen-bond acceptors (Lipinski definition) is 5. The van der Waals surface area contributed by atoms with Crippen molar-refractivity contribution in [2.45, 2.75) is 6.42 Å². The number of sulfone groups is 1. The molecular weight excluding hydrogens is 387 g/mol. The molecule has 0 aliphatic carbocycles. The number of carbonyl (C=O) groups excluding carboxylic acids is 2. The van der Waals surface area contributed by atoms with E-state index in [1.54, 1.807) is 19.2 Å². The summed E-state index contributed by atoms with van der Waals surface area (Å²) < 4.78 is 41.9. The second-order valence-electron chi connectivity index (χ2n) is 6.04. The Hall–Kier alpha value is -2.94. The van der Waals surface area contributed by atoms with E-state index < -0.39 is 39.0 Å². The fourth-order valence-corrected chi connectivity index (χ4v) is 3.45. The molecule has 7 nitrogen and oxygen atoms in total. The second-order valence-corrected chi connectivity index (χ2v) is 8.10. The van der Waals surface area contributed by atoms with Gasteiger partial charge >= 0.3 is 0 Å². The number of benzene rings is 2. The minimum atomic E-state index is -3.93. The Kier molecular flexibility index (Phi) is 7.51. The average Bonchev–Trinajstić information content (AvgIpc) is 2.63. The van der Waals surface area contributed by atoms with E-state index in [0.29, 0.717) is 6.42 Å². The van der Waals surface area contributed by atoms with Crippen molar-refractivity contribution in [1.29, 1.82) is 0 Å². The smallest absolute Gasteiger partial charge is 0.239 e. The molecule has 0 saturated heterocycles. The SMILES string of the molecule is COc1ccc(CCNC(=O)CS(=O)(=O)CC(=O)Nc2ccc(F)cc2)cc1. The Morgan fingerprint density at radius 1 is 0.964 bits per heavy atom. The van der Waals surface area contributed by atoms with Crippen LogP contribution in [0.3, 0.4) is 0 Å². The van der Waals surface area contributed by atoms with Gasteiger partial charge in [0.2, 0.25) is 11.8 Å². The van der Waals surface area contributed by atoms with Gasteiger partial charge in [-0.1, -0.05) is 12.1 Å². The van der Waals surface area contributed by atoms with Crippen LogP contribution in [-0.2, 0) is 25.8 Å². The molecular formula is C19H21FN2O5S. The lowest BCUT2D eigenvalue weighted by Gasteiger charge is -2.08. The summed E-state index contributed by atoms with van der Waals surface area (Å²) in [7, 11) is -2.36. The Labute approximate surface area is 162 Å². The number of rotatable bonds is 9. The van der Waals surface area contributed by atoms with E-state index in [0.717, 1.165) is 23.4 Å². The fraction of sp³-hybridized carbons (Fsp3) is 0.263. The summed E-state index contributed by atoms with van der Waals surface area (Å²) in [6, 6.07) is 12.2. The Balaban J connectivity index is 1.76. The lowest BCUT2D eigenvalue weighted by molar-refractivity contribution is -0.118. The van der Waals surface area contributed by atoms with Crippen LogP contribution in [0.15, 0.2) is 48.5 Å². The Morgan fingerprint density at radius 3 is 2.18 bits per heavy atom. The maximum Gasteiger partial charge on any atom is 0.239 e. The van der Waals surface area contributed by atoms with Gasteiger partial charge in [-0.15, -0.1) is 0 Å². The van der Waals surface area contributed by atoms with E-state index in [4.69, 9.17) is 4.74 Å². The molecule has 150 valence electrons. The molecule has 0 saturated carbocycles. The van der Waals surface area contributed by atoms with Gasteiger partial charge in [0.25, 0.3) is 0 Å². The first-order valence-corrected chi connectivity index (χ1v) is 10.2. The van der Waals surface area contributed by atoms with Gasteiger partial charge < -0.3 is 15.4 Å². The van der Waals surface area contributed by atoms with Gasteiger partial charge in [-0.05, 0) is 48.4 Å².